The van der Waals surface area contributed by atoms with Gasteiger partial charge in [-0.05, 0) is 47.9 Å². The van der Waals surface area contributed by atoms with Gasteiger partial charge in [0.1, 0.15) is 23.4 Å². The van der Waals surface area contributed by atoms with Crippen LogP contribution >= 0.6 is 0 Å². The number of aromatic nitrogens is 1. The van der Waals surface area contributed by atoms with Gasteiger partial charge in [0, 0.05) is 30.2 Å². The highest BCUT2D eigenvalue weighted by Crippen LogP contribution is 2.32. The molecule has 0 saturated carbocycles. The summed E-state index contributed by atoms with van der Waals surface area (Å²) >= 11 is 0. The Hall–Kier alpha value is -3.29. The second kappa shape index (κ2) is 7.03. The number of hydrogen-bond acceptors (Lipinski definition) is 2. The number of rotatable bonds is 5. The van der Waals surface area contributed by atoms with Crippen LogP contribution in [0.15, 0.2) is 36.4 Å². The Morgan fingerprint density at radius 1 is 1.11 bits per heavy atom. The van der Waals surface area contributed by atoms with Gasteiger partial charge in [-0.3, -0.25) is 9.59 Å². The first-order valence-corrected chi connectivity index (χ1v) is 8.75. The predicted molar refractivity (Wildman–Crippen MR) is 96.8 cm³/mol. The van der Waals surface area contributed by atoms with Gasteiger partial charge in [0.2, 0.25) is 11.8 Å². The lowest BCUT2D eigenvalue weighted by Gasteiger charge is -2.24. The zero-order chi connectivity index (χ0) is 19.8. The van der Waals surface area contributed by atoms with E-state index in [1.807, 2.05) is 0 Å². The molecule has 0 aliphatic carbocycles. The van der Waals surface area contributed by atoms with Crippen LogP contribution in [0, 0.1) is 23.4 Å². The van der Waals surface area contributed by atoms with Gasteiger partial charge >= 0.3 is 0 Å². The first kappa shape index (κ1) is 18.1. The molecule has 28 heavy (non-hydrogen) atoms. The van der Waals surface area contributed by atoms with Crippen molar-refractivity contribution in [2.45, 2.75) is 6.42 Å². The van der Waals surface area contributed by atoms with Gasteiger partial charge in [0.25, 0.3) is 0 Å². The third-order valence-corrected chi connectivity index (χ3v) is 4.85. The number of amides is 2. The van der Waals surface area contributed by atoms with Crippen molar-refractivity contribution in [3.8, 4) is 11.3 Å². The minimum Gasteiger partial charge on any atom is -0.355 e. The van der Waals surface area contributed by atoms with E-state index in [0.29, 0.717) is 28.8 Å². The molecular formula is C20H16F3N3O2. The van der Waals surface area contributed by atoms with E-state index < -0.39 is 23.4 Å². The van der Waals surface area contributed by atoms with Crippen LogP contribution < -0.4 is 10.6 Å². The summed E-state index contributed by atoms with van der Waals surface area (Å²) in [4.78, 5) is 26.2. The highest BCUT2D eigenvalue weighted by Gasteiger charge is 2.34. The Labute approximate surface area is 157 Å². The van der Waals surface area contributed by atoms with Crippen LogP contribution in [-0.2, 0) is 16.0 Å². The lowest BCUT2D eigenvalue weighted by Crippen LogP contribution is -2.55. The standard InChI is InChI=1S/C20H16F3N3O2/c21-11-3-1-10(2-4-11)17-13(5-6-24-19(27)15-9-25-20(15)28)14-7-12(22)8-16(23)18(14)26-17/h1-4,7-8,15,26H,5-6,9H2,(H,24,27)(H,25,28). The summed E-state index contributed by atoms with van der Waals surface area (Å²) in [6.45, 7) is 0.483. The number of carbonyl (C=O) groups is 2. The molecule has 2 aromatic carbocycles. The highest BCUT2D eigenvalue weighted by atomic mass is 19.1. The Morgan fingerprint density at radius 2 is 1.86 bits per heavy atom. The third-order valence-electron chi connectivity index (χ3n) is 4.85. The molecule has 0 bridgehead atoms. The molecule has 3 N–H and O–H groups in total. The van der Waals surface area contributed by atoms with Crippen LogP contribution in [0.1, 0.15) is 5.56 Å². The number of aromatic amines is 1. The maximum atomic E-state index is 14.2. The number of benzene rings is 2. The fourth-order valence-electron chi connectivity index (χ4n) is 3.33. The van der Waals surface area contributed by atoms with E-state index in [1.54, 1.807) is 0 Å². The third kappa shape index (κ3) is 3.21. The van der Waals surface area contributed by atoms with E-state index in [2.05, 4.69) is 15.6 Å². The van der Waals surface area contributed by atoms with Gasteiger partial charge < -0.3 is 15.6 Å². The highest BCUT2D eigenvalue weighted by molar-refractivity contribution is 6.04. The number of fused-ring (bicyclic) bond motifs is 1. The molecule has 2 amide bonds. The summed E-state index contributed by atoms with van der Waals surface area (Å²) in [6.07, 6.45) is 0.273. The summed E-state index contributed by atoms with van der Waals surface area (Å²) < 4.78 is 41.3. The lowest BCUT2D eigenvalue weighted by molar-refractivity contribution is -0.140. The maximum absolute atomic E-state index is 14.2. The van der Waals surface area contributed by atoms with E-state index in [4.69, 9.17) is 0 Å². The summed E-state index contributed by atoms with van der Waals surface area (Å²) in [6, 6.07) is 7.63. The number of H-pyrrole nitrogens is 1. The van der Waals surface area contributed by atoms with Crippen LogP contribution in [0.5, 0.6) is 0 Å². The van der Waals surface area contributed by atoms with Gasteiger partial charge in [-0.2, -0.15) is 0 Å². The largest absolute Gasteiger partial charge is 0.355 e. The van der Waals surface area contributed by atoms with Crippen LogP contribution in [0.2, 0.25) is 0 Å². The van der Waals surface area contributed by atoms with Crippen molar-refractivity contribution in [2.24, 2.45) is 5.92 Å². The Bertz CT molecular complexity index is 1080. The Balaban J connectivity index is 1.66. The van der Waals surface area contributed by atoms with Gasteiger partial charge in [-0.25, -0.2) is 13.2 Å². The Kier molecular flexibility index (Phi) is 4.54. The zero-order valence-electron chi connectivity index (χ0n) is 14.6. The molecule has 2 heterocycles. The summed E-state index contributed by atoms with van der Waals surface area (Å²) in [5.41, 5.74) is 1.87. The van der Waals surface area contributed by atoms with E-state index in [1.165, 1.54) is 30.3 Å². The van der Waals surface area contributed by atoms with Crippen molar-refractivity contribution in [1.82, 2.24) is 15.6 Å². The van der Waals surface area contributed by atoms with Crippen LogP contribution in [0.3, 0.4) is 0 Å². The van der Waals surface area contributed by atoms with Crippen molar-refractivity contribution in [3.63, 3.8) is 0 Å². The molecule has 4 rings (SSSR count). The topological polar surface area (TPSA) is 74.0 Å². The van der Waals surface area contributed by atoms with E-state index in [0.717, 1.165) is 6.07 Å². The predicted octanol–water partition coefficient (Wildman–Crippen LogP) is 2.66. The summed E-state index contributed by atoms with van der Waals surface area (Å²) in [5.74, 6) is -3.27. The fourth-order valence-corrected chi connectivity index (χ4v) is 3.33. The average Bonchev–Trinajstić information content (AvgIpc) is 3.00. The van der Waals surface area contributed by atoms with E-state index in [9.17, 15) is 22.8 Å². The number of halogens is 3. The van der Waals surface area contributed by atoms with Crippen molar-refractivity contribution >= 4 is 22.7 Å². The van der Waals surface area contributed by atoms with Crippen molar-refractivity contribution in [2.75, 3.05) is 13.1 Å². The molecule has 144 valence electrons. The number of carbonyl (C=O) groups excluding carboxylic acids is 2. The van der Waals surface area contributed by atoms with Gasteiger partial charge in [0.05, 0.1) is 5.52 Å². The maximum Gasteiger partial charge on any atom is 0.234 e. The molecule has 1 saturated heterocycles. The second-order valence-corrected chi connectivity index (χ2v) is 6.63. The van der Waals surface area contributed by atoms with Crippen molar-refractivity contribution < 1.29 is 22.8 Å². The first-order chi connectivity index (χ1) is 13.4. The number of nitrogens with one attached hydrogen (secondary N) is 3. The Morgan fingerprint density at radius 3 is 2.50 bits per heavy atom. The van der Waals surface area contributed by atoms with E-state index >= 15 is 0 Å². The minimum atomic E-state index is -0.736. The smallest absolute Gasteiger partial charge is 0.234 e. The normalized spacial score (nSPS) is 16.0. The molecule has 0 radical (unpaired) electrons. The van der Waals surface area contributed by atoms with Gasteiger partial charge in [-0.15, -0.1) is 0 Å². The average molecular weight is 387 g/mol. The molecular weight excluding hydrogens is 371 g/mol. The molecule has 3 aromatic rings. The van der Waals surface area contributed by atoms with Gasteiger partial charge in [0.15, 0.2) is 0 Å². The molecule has 5 nitrogen and oxygen atoms in total. The quantitative estimate of drug-likeness (QED) is 0.465. The van der Waals surface area contributed by atoms with Crippen molar-refractivity contribution in [3.05, 3.63) is 59.4 Å². The molecule has 1 unspecified atom stereocenters. The molecule has 1 aliphatic heterocycles. The molecule has 1 aromatic heterocycles. The molecule has 1 fully saturated rings. The van der Waals surface area contributed by atoms with Crippen LogP contribution in [-0.4, -0.2) is 29.9 Å². The number of hydrogen-bond donors (Lipinski definition) is 3. The lowest BCUT2D eigenvalue weighted by atomic mass is 10.0. The van der Waals surface area contributed by atoms with Gasteiger partial charge in [-0.1, -0.05) is 0 Å². The molecule has 1 aliphatic rings. The SMILES string of the molecule is O=C(NCCc1c(-c2ccc(F)cc2)[nH]c2c(F)cc(F)cc12)C1CNC1=O. The zero-order valence-corrected chi connectivity index (χ0v) is 14.6. The first-order valence-electron chi connectivity index (χ1n) is 8.75. The molecule has 0 spiro atoms. The summed E-state index contributed by atoms with van der Waals surface area (Å²) in [7, 11) is 0. The molecule has 8 heteroatoms. The second-order valence-electron chi connectivity index (χ2n) is 6.63. The fraction of sp³-hybridized carbons (Fsp3) is 0.200. The van der Waals surface area contributed by atoms with Crippen molar-refractivity contribution in [1.29, 1.82) is 0 Å². The van der Waals surface area contributed by atoms with E-state index in [-0.39, 0.29) is 30.3 Å². The number of β-lactam (4-membered cyclic amide) rings is 1. The minimum absolute atomic E-state index is 0.139. The monoisotopic (exact) mass is 387 g/mol. The molecule has 1 atom stereocenters. The van der Waals surface area contributed by atoms with Crippen LogP contribution in [0.25, 0.3) is 22.2 Å². The summed E-state index contributed by atoms with van der Waals surface area (Å²) in [5, 5.41) is 5.52. The van der Waals surface area contributed by atoms with Crippen LogP contribution in [0.4, 0.5) is 13.2 Å².